The first kappa shape index (κ1) is 12.6. The molecule has 1 heteroatoms. The Morgan fingerprint density at radius 2 is 1.67 bits per heavy atom. The van der Waals surface area contributed by atoms with Crippen molar-refractivity contribution in [2.24, 2.45) is 0 Å². The van der Waals surface area contributed by atoms with Gasteiger partial charge in [0.05, 0.1) is 0 Å². The van der Waals surface area contributed by atoms with E-state index in [1.807, 2.05) is 30.3 Å². The van der Waals surface area contributed by atoms with Crippen LogP contribution in [0.1, 0.15) is 42.6 Å². The Kier molecular flexibility index (Phi) is 3.61. The van der Waals surface area contributed by atoms with Gasteiger partial charge >= 0.3 is 0 Å². The Labute approximate surface area is 108 Å². The normalized spacial score (nSPS) is 10.7. The van der Waals surface area contributed by atoms with E-state index in [9.17, 15) is 4.79 Å². The minimum absolute atomic E-state index is 0.113. The van der Waals surface area contributed by atoms with Crippen LogP contribution in [-0.4, -0.2) is 5.78 Å². The van der Waals surface area contributed by atoms with Crippen molar-refractivity contribution in [3.8, 4) is 11.1 Å². The predicted molar refractivity (Wildman–Crippen MR) is 76.0 cm³/mol. The van der Waals surface area contributed by atoms with E-state index >= 15 is 0 Å². The van der Waals surface area contributed by atoms with Gasteiger partial charge in [0.2, 0.25) is 0 Å². The van der Waals surface area contributed by atoms with Crippen molar-refractivity contribution in [2.45, 2.75) is 26.7 Å². The Balaban J connectivity index is 2.61. The lowest BCUT2D eigenvalue weighted by molar-refractivity contribution is 0.101. The lowest BCUT2D eigenvalue weighted by Crippen LogP contribution is -1.97. The molecule has 0 aromatic heterocycles. The summed E-state index contributed by atoms with van der Waals surface area (Å²) in [6.07, 6.45) is 0. The predicted octanol–water partition coefficient (Wildman–Crippen LogP) is 4.68. The minimum Gasteiger partial charge on any atom is -0.295 e. The van der Waals surface area contributed by atoms with E-state index in [0.717, 1.165) is 5.56 Å². The van der Waals surface area contributed by atoms with Gasteiger partial charge in [-0.1, -0.05) is 56.3 Å². The van der Waals surface area contributed by atoms with E-state index in [1.165, 1.54) is 16.7 Å². The summed E-state index contributed by atoms with van der Waals surface area (Å²) < 4.78 is 0. The molecule has 1 nitrogen and oxygen atoms in total. The highest BCUT2D eigenvalue weighted by Crippen LogP contribution is 2.30. The summed E-state index contributed by atoms with van der Waals surface area (Å²) in [5.74, 6) is 0.559. The summed E-state index contributed by atoms with van der Waals surface area (Å²) in [4.78, 5) is 11.5. The fourth-order valence-electron chi connectivity index (χ4n) is 2.15. The maximum absolute atomic E-state index is 11.5. The topological polar surface area (TPSA) is 17.1 Å². The molecule has 0 bridgehead atoms. The third-order valence-corrected chi connectivity index (χ3v) is 3.17. The van der Waals surface area contributed by atoms with Gasteiger partial charge < -0.3 is 0 Å². The summed E-state index contributed by atoms with van der Waals surface area (Å²) in [7, 11) is 0. The average Bonchev–Trinajstić information content (AvgIpc) is 2.39. The summed E-state index contributed by atoms with van der Waals surface area (Å²) in [6.45, 7) is 5.96. The lowest BCUT2D eigenvalue weighted by atomic mass is 9.90. The molecule has 0 fully saturated rings. The van der Waals surface area contributed by atoms with Crippen LogP contribution in [0.4, 0.5) is 0 Å². The molecule has 18 heavy (non-hydrogen) atoms. The summed E-state index contributed by atoms with van der Waals surface area (Å²) in [5.41, 5.74) is 4.40. The zero-order valence-electron chi connectivity index (χ0n) is 11.1. The van der Waals surface area contributed by atoms with Crippen LogP contribution in [0.15, 0.2) is 48.5 Å². The molecular weight excluding hydrogens is 220 g/mol. The SMILES string of the molecule is CC(=O)c1ccc(C(C)C)c(-c2ccccc2)c1. The first-order valence-corrected chi connectivity index (χ1v) is 6.30. The quantitative estimate of drug-likeness (QED) is 0.709. The first-order chi connectivity index (χ1) is 8.59. The van der Waals surface area contributed by atoms with E-state index < -0.39 is 0 Å². The average molecular weight is 238 g/mol. The highest BCUT2D eigenvalue weighted by molar-refractivity contribution is 5.95. The Bertz CT molecular complexity index is 553. The molecule has 0 heterocycles. The molecule has 2 aromatic rings. The molecule has 0 spiro atoms. The van der Waals surface area contributed by atoms with Crippen LogP contribution in [-0.2, 0) is 0 Å². The molecule has 0 saturated heterocycles. The van der Waals surface area contributed by atoms with Crippen molar-refractivity contribution in [3.63, 3.8) is 0 Å². The maximum atomic E-state index is 11.5. The van der Waals surface area contributed by atoms with Crippen LogP contribution in [0, 0.1) is 0 Å². The van der Waals surface area contributed by atoms with Crippen molar-refractivity contribution in [3.05, 3.63) is 59.7 Å². The first-order valence-electron chi connectivity index (χ1n) is 6.30. The number of Topliss-reactive ketones (excluding diaryl/α,β-unsaturated/α-hetero) is 1. The van der Waals surface area contributed by atoms with Gasteiger partial charge in [-0.25, -0.2) is 0 Å². The second-order valence-electron chi connectivity index (χ2n) is 4.88. The van der Waals surface area contributed by atoms with Crippen LogP contribution >= 0.6 is 0 Å². The van der Waals surface area contributed by atoms with Crippen LogP contribution < -0.4 is 0 Å². The van der Waals surface area contributed by atoms with E-state index in [-0.39, 0.29) is 5.78 Å². The number of rotatable bonds is 3. The van der Waals surface area contributed by atoms with Crippen molar-refractivity contribution in [1.82, 2.24) is 0 Å². The van der Waals surface area contributed by atoms with Gasteiger partial charge in [0, 0.05) is 5.56 Å². The fourth-order valence-corrected chi connectivity index (χ4v) is 2.15. The number of hydrogen-bond donors (Lipinski definition) is 0. The number of benzene rings is 2. The van der Waals surface area contributed by atoms with Gasteiger partial charge in [-0.15, -0.1) is 0 Å². The third-order valence-electron chi connectivity index (χ3n) is 3.17. The largest absolute Gasteiger partial charge is 0.295 e. The van der Waals surface area contributed by atoms with Gasteiger partial charge in [-0.3, -0.25) is 4.79 Å². The molecule has 0 radical (unpaired) electrons. The molecule has 92 valence electrons. The molecular formula is C17H18O. The minimum atomic E-state index is 0.113. The monoisotopic (exact) mass is 238 g/mol. The molecule has 0 atom stereocenters. The molecule has 0 saturated carbocycles. The van der Waals surface area contributed by atoms with Crippen LogP contribution in [0.25, 0.3) is 11.1 Å². The molecule has 0 aliphatic carbocycles. The summed E-state index contributed by atoms with van der Waals surface area (Å²) in [6, 6.07) is 16.2. The summed E-state index contributed by atoms with van der Waals surface area (Å²) in [5, 5.41) is 0. The van der Waals surface area contributed by atoms with Gasteiger partial charge in [-0.05, 0) is 35.6 Å². The standard InChI is InChI=1S/C17H18O/c1-12(2)16-10-9-15(13(3)18)11-17(16)14-7-5-4-6-8-14/h4-12H,1-3H3. The number of carbonyl (C=O) groups is 1. The van der Waals surface area contributed by atoms with Crippen LogP contribution in [0.2, 0.25) is 0 Å². The van der Waals surface area contributed by atoms with Crippen molar-refractivity contribution >= 4 is 5.78 Å². The second-order valence-corrected chi connectivity index (χ2v) is 4.88. The second kappa shape index (κ2) is 5.18. The highest BCUT2D eigenvalue weighted by Gasteiger charge is 2.10. The van der Waals surface area contributed by atoms with Gasteiger partial charge in [-0.2, -0.15) is 0 Å². The highest BCUT2D eigenvalue weighted by atomic mass is 16.1. The van der Waals surface area contributed by atoms with E-state index in [0.29, 0.717) is 5.92 Å². The Morgan fingerprint density at radius 1 is 1.00 bits per heavy atom. The van der Waals surface area contributed by atoms with E-state index in [2.05, 4.69) is 32.0 Å². The lowest BCUT2D eigenvalue weighted by Gasteiger charge is -2.14. The third kappa shape index (κ3) is 2.51. The number of ketones is 1. The molecule has 2 rings (SSSR count). The number of carbonyl (C=O) groups excluding carboxylic acids is 1. The molecule has 0 aliphatic rings. The van der Waals surface area contributed by atoms with Crippen molar-refractivity contribution < 1.29 is 4.79 Å². The van der Waals surface area contributed by atoms with Crippen LogP contribution in [0.3, 0.4) is 0 Å². The molecule has 0 amide bonds. The summed E-state index contributed by atoms with van der Waals surface area (Å²) >= 11 is 0. The smallest absolute Gasteiger partial charge is 0.159 e. The Hall–Kier alpha value is -1.89. The maximum Gasteiger partial charge on any atom is 0.159 e. The van der Waals surface area contributed by atoms with E-state index in [4.69, 9.17) is 0 Å². The molecule has 2 aromatic carbocycles. The van der Waals surface area contributed by atoms with Crippen molar-refractivity contribution in [2.75, 3.05) is 0 Å². The Morgan fingerprint density at radius 3 is 2.22 bits per heavy atom. The van der Waals surface area contributed by atoms with E-state index in [1.54, 1.807) is 6.92 Å². The van der Waals surface area contributed by atoms with Gasteiger partial charge in [0.1, 0.15) is 0 Å². The molecule has 0 aliphatic heterocycles. The van der Waals surface area contributed by atoms with Gasteiger partial charge in [0.25, 0.3) is 0 Å². The van der Waals surface area contributed by atoms with Crippen LogP contribution in [0.5, 0.6) is 0 Å². The number of hydrogen-bond acceptors (Lipinski definition) is 1. The fraction of sp³-hybridized carbons (Fsp3) is 0.235. The van der Waals surface area contributed by atoms with Gasteiger partial charge in [0.15, 0.2) is 5.78 Å². The zero-order valence-corrected chi connectivity index (χ0v) is 11.1. The zero-order chi connectivity index (χ0) is 13.1. The van der Waals surface area contributed by atoms with Crippen molar-refractivity contribution in [1.29, 1.82) is 0 Å². The molecule has 0 N–H and O–H groups in total. The molecule has 0 unspecified atom stereocenters.